The number of rotatable bonds is 6. The zero-order chi connectivity index (χ0) is 15.2. The maximum atomic E-state index is 11.1. The largest absolute Gasteiger partial charge is 0.351 e. The minimum Gasteiger partial charge on any atom is -0.351 e. The van der Waals surface area contributed by atoms with Gasteiger partial charge in [-0.15, -0.1) is 0 Å². The van der Waals surface area contributed by atoms with Gasteiger partial charge in [0, 0.05) is 30.1 Å². The van der Waals surface area contributed by atoms with Crippen molar-refractivity contribution in [2.24, 2.45) is 0 Å². The minimum atomic E-state index is -0.762. The number of nitrogens with zero attached hydrogens (tertiary/aromatic N) is 1. The van der Waals surface area contributed by atoms with Crippen LogP contribution < -0.4 is 0 Å². The Bertz CT molecular complexity index is 614. The molecule has 0 aromatic heterocycles. The average molecular weight is 305 g/mol. The third-order valence-corrected chi connectivity index (χ3v) is 3.85. The van der Waals surface area contributed by atoms with E-state index < -0.39 is 11.2 Å². The Kier molecular flexibility index (Phi) is 5.32. The molecule has 0 saturated carbocycles. The second kappa shape index (κ2) is 7.21. The van der Waals surface area contributed by atoms with Crippen molar-refractivity contribution in [2.75, 3.05) is 14.2 Å². The molecule has 0 heterocycles. The monoisotopic (exact) mass is 305 g/mol. The molecular formula is C15H15NO4S. The van der Waals surface area contributed by atoms with E-state index in [2.05, 4.69) is 0 Å². The molecule has 5 nitrogen and oxygen atoms in total. The summed E-state index contributed by atoms with van der Waals surface area (Å²) in [5, 5.41) is 11.1. The molecule has 6 heteroatoms. The van der Waals surface area contributed by atoms with E-state index in [1.807, 2.05) is 30.3 Å². The standard InChI is InChI=1S/C15H15NO4S/c1-19-15(20-2)13-10-12(8-9-14(13)16(17)18)21-11-6-4-3-5-7-11/h3-10,15H,1-2H3. The number of methoxy groups -OCH3 is 2. The van der Waals surface area contributed by atoms with Crippen molar-refractivity contribution in [3.05, 3.63) is 64.2 Å². The van der Waals surface area contributed by atoms with Crippen LogP contribution in [-0.4, -0.2) is 19.1 Å². The van der Waals surface area contributed by atoms with Gasteiger partial charge in [-0.3, -0.25) is 10.1 Å². The normalized spacial score (nSPS) is 10.8. The van der Waals surface area contributed by atoms with E-state index in [4.69, 9.17) is 9.47 Å². The van der Waals surface area contributed by atoms with E-state index in [0.29, 0.717) is 5.56 Å². The molecule has 21 heavy (non-hydrogen) atoms. The summed E-state index contributed by atoms with van der Waals surface area (Å²) >= 11 is 1.53. The van der Waals surface area contributed by atoms with Gasteiger partial charge in [-0.1, -0.05) is 30.0 Å². The van der Waals surface area contributed by atoms with Crippen LogP contribution in [0.15, 0.2) is 58.3 Å². The Morgan fingerprint density at radius 3 is 2.29 bits per heavy atom. The van der Waals surface area contributed by atoms with Crippen molar-refractivity contribution in [1.29, 1.82) is 0 Å². The van der Waals surface area contributed by atoms with Gasteiger partial charge in [0.25, 0.3) is 5.69 Å². The summed E-state index contributed by atoms with van der Waals surface area (Å²) in [5.74, 6) is 0. The van der Waals surface area contributed by atoms with Gasteiger partial charge in [0.1, 0.15) is 0 Å². The maximum Gasteiger partial charge on any atom is 0.277 e. The molecule has 110 valence electrons. The first-order chi connectivity index (χ1) is 10.2. The number of benzene rings is 2. The summed E-state index contributed by atoms with van der Waals surface area (Å²) < 4.78 is 10.3. The lowest BCUT2D eigenvalue weighted by Crippen LogP contribution is -2.07. The zero-order valence-corrected chi connectivity index (χ0v) is 12.5. The first kappa shape index (κ1) is 15.5. The Morgan fingerprint density at radius 1 is 1.05 bits per heavy atom. The van der Waals surface area contributed by atoms with Crippen LogP contribution in [-0.2, 0) is 9.47 Å². The molecule has 0 amide bonds. The molecule has 0 radical (unpaired) electrons. The molecule has 0 N–H and O–H groups in total. The molecule has 2 aromatic carbocycles. The summed E-state index contributed by atoms with van der Waals surface area (Å²) in [7, 11) is 2.91. The van der Waals surface area contributed by atoms with Gasteiger partial charge >= 0.3 is 0 Å². The summed E-state index contributed by atoms with van der Waals surface area (Å²) in [6.45, 7) is 0. The first-order valence-electron chi connectivity index (χ1n) is 6.22. The van der Waals surface area contributed by atoms with Crippen molar-refractivity contribution in [1.82, 2.24) is 0 Å². The Morgan fingerprint density at radius 2 is 1.71 bits per heavy atom. The number of ether oxygens (including phenoxy) is 2. The molecule has 0 aliphatic heterocycles. The highest BCUT2D eigenvalue weighted by Crippen LogP contribution is 2.34. The van der Waals surface area contributed by atoms with Crippen LogP contribution in [0.25, 0.3) is 0 Å². The molecule has 0 bridgehead atoms. The van der Waals surface area contributed by atoms with Gasteiger partial charge in [0.2, 0.25) is 0 Å². The van der Waals surface area contributed by atoms with Gasteiger partial charge in [0.15, 0.2) is 6.29 Å². The van der Waals surface area contributed by atoms with Crippen molar-refractivity contribution in [2.45, 2.75) is 16.1 Å². The van der Waals surface area contributed by atoms with Crippen LogP contribution in [0.1, 0.15) is 11.9 Å². The molecule has 0 spiro atoms. The molecule has 0 atom stereocenters. The minimum absolute atomic E-state index is 0.0129. The third-order valence-electron chi connectivity index (χ3n) is 2.86. The van der Waals surface area contributed by atoms with Crippen molar-refractivity contribution < 1.29 is 14.4 Å². The van der Waals surface area contributed by atoms with Crippen molar-refractivity contribution >= 4 is 17.4 Å². The number of nitro benzene ring substituents is 1. The van der Waals surface area contributed by atoms with Crippen molar-refractivity contribution in [3.8, 4) is 0 Å². The molecule has 2 aromatic rings. The van der Waals surface area contributed by atoms with Gasteiger partial charge in [-0.2, -0.15) is 0 Å². The Hall–Kier alpha value is -1.89. The van der Waals surface area contributed by atoms with E-state index in [1.54, 1.807) is 12.1 Å². The highest BCUT2D eigenvalue weighted by atomic mass is 32.2. The molecule has 0 aliphatic rings. The highest BCUT2D eigenvalue weighted by Gasteiger charge is 2.22. The molecule has 0 fully saturated rings. The summed E-state index contributed by atoms with van der Waals surface area (Å²) in [6, 6.07) is 14.7. The van der Waals surface area contributed by atoms with Crippen LogP contribution in [0.4, 0.5) is 5.69 Å². The molecule has 0 saturated heterocycles. The molecule has 0 aliphatic carbocycles. The van der Waals surface area contributed by atoms with Gasteiger partial charge in [-0.05, 0) is 24.3 Å². The fourth-order valence-corrected chi connectivity index (χ4v) is 2.81. The maximum absolute atomic E-state index is 11.1. The molecular weight excluding hydrogens is 290 g/mol. The highest BCUT2D eigenvalue weighted by molar-refractivity contribution is 7.99. The number of hydrogen-bond donors (Lipinski definition) is 0. The summed E-state index contributed by atoms with van der Waals surface area (Å²) in [6.07, 6.45) is -0.762. The van der Waals surface area contributed by atoms with Gasteiger partial charge in [-0.25, -0.2) is 0 Å². The topological polar surface area (TPSA) is 61.6 Å². The SMILES string of the molecule is COC(OC)c1cc(Sc2ccccc2)ccc1[N+](=O)[O-]. The lowest BCUT2D eigenvalue weighted by atomic mass is 10.1. The van der Waals surface area contributed by atoms with Crippen LogP contribution >= 0.6 is 11.8 Å². The van der Waals surface area contributed by atoms with Gasteiger partial charge < -0.3 is 9.47 Å². The lowest BCUT2D eigenvalue weighted by Gasteiger charge is -2.14. The fourth-order valence-electron chi connectivity index (χ4n) is 1.93. The molecule has 2 rings (SSSR count). The Balaban J connectivity index is 2.36. The average Bonchev–Trinajstić information content (AvgIpc) is 2.49. The predicted molar refractivity (Wildman–Crippen MR) is 80.4 cm³/mol. The van der Waals surface area contributed by atoms with Gasteiger partial charge in [0.05, 0.1) is 10.5 Å². The van der Waals surface area contributed by atoms with E-state index in [0.717, 1.165) is 9.79 Å². The second-order valence-corrected chi connectivity index (χ2v) is 5.34. The van der Waals surface area contributed by atoms with Crippen LogP contribution in [0.5, 0.6) is 0 Å². The third kappa shape index (κ3) is 3.81. The van der Waals surface area contributed by atoms with Crippen LogP contribution in [0.2, 0.25) is 0 Å². The second-order valence-electron chi connectivity index (χ2n) is 4.20. The summed E-state index contributed by atoms with van der Waals surface area (Å²) in [4.78, 5) is 12.6. The molecule has 0 unspecified atom stereocenters. The predicted octanol–water partition coefficient (Wildman–Crippen LogP) is 4.04. The van der Waals surface area contributed by atoms with E-state index in [-0.39, 0.29) is 5.69 Å². The van der Waals surface area contributed by atoms with E-state index >= 15 is 0 Å². The lowest BCUT2D eigenvalue weighted by molar-refractivity contribution is -0.387. The Labute approximate surface area is 127 Å². The number of hydrogen-bond acceptors (Lipinski definition) is 5. The fraction of sp³-hybridized carbons (Fsp3) is 0.200. The van der Waals surface area contributed by atoms with E-state index in [1.165, 1.54) is 32.0 Å². The zero-order valence-electron chi connectivity index (χ0n) is 11.7. The van der Waals surface area contributed by atoms with Crippen molar-refractivity contribution in [3.63, 3.8) is 0 Å². The van der Waals surface area contributed by atoms with Crippen LogP contribution in [0, 0.1) is 10.1 Å². The first-order valence-corrected chi connectivity index (χ1v) is 7.04. The van der Waals surface area contributed by atoms with E-state index in [9.17, 15) is 10.1 Å². The number of nitro groups is 1. The summed E-state index contributed by atoms with van der Waals surface area (Å²) in [5.41, 5.74) is 0.395. The van der Waals surface area contributed by atoms with Crippen LogP contribution in [0.3, 0.4) is 0 Å². The smallest absolute Gasteiger partial charge is 0.277 e. The quantitative estimate of drug-likeness (QED) is 0.458.